The second kappa shape index (κ2) is 8.66. The zero-order valence-corrected chi connectivity index (χ0v) is 17.3. The average Bonchev–Trinajstić information content (AvgIpc) is 2.48. The van der Waals surface area contributed by atoms with E-state index in [1.807, 2.05) is 4.90 Å². The summed E-state index contributed by atoms with van der Waals surface area (Å²) in [5.74, 6) is 0.971. The number of hydrogen-bond acceptors (Lipinski definition) is 4. The zero-order valence-electron chi connectivity index (χ0n) is 14.2. The summed E-state index contributed by atoms with van der Waals surface area (Å²) in [6.07, 6.45) is 4.11. The summed E-state index contributed by atoms with van der Waals surface area (Å²) in [6, 6.07) is 0. The molecular formula is C15H28IN3O3S. The third-order valence-corrected chi connectivity index (χ3v) is 6.87. The maximum Gasteiger partial charge on any atom is 0.193 e. The molecule has 134 valence electrons. The van der Waals surface area contributed by atoms with E-state index in [4.69, 9.17) is 4.74 Å². The van der Waals surface area contributed by atoms with Gasteiger partial charge in [-0.2, -0.15) is 0 Å². The van der Waals surface area contributed by atoms with Gasteiger partial charge in [0.05, 0.1) is 23.7 Å². The molecule has 8 heteroatoms. The van der Waals surface area contributed by atoms with Crippen molar-refractivity contribution in [2.24, 2.45) is 4.99 Å². The van der Waals surface area contributed by atoms with Gasteiger partial charge in [0.25, 0.3) is 0 Å². The maximum absolute atomic E-state index is 12.1. The van der Waals surface area contributed by atoms with Gasteiger partial charge < -0.3 is 15.0 Å². The van der Waals surface area contributed by atoms with Crippen molar-refractivity contribution < 1.29 is 13.2 Å². The van der Waals surface area contributed by atoms with Gasteiger partial charge in [0, 0.05) is 26.7 Å². The molecule has 2 aliphatic rings. The molecule has 1 fully saturated rings. The molecular weight excluding hydrogens is 429 g/mol. The van der Waals surface area contributed by atoms with Gasteiger partial charge >= 0.3 is 0 Å². The highest BCUT2D eigenvalue weighted by molar-refractivity contribution is 14.0. The third kappa shape index (κ3) is 5.32. The lowest BCUT2D eigenvalue weighted by Gasteiger charge is -2.39. The Hall–Kier alpha value is -0.350. The first-order valence-electron chi connectivity index (χ1n) is 7.79. The minimum Gasteiger partial charge on any atom is -0.377 e. The van der Waals surface area contributed by atoms with Crippen molar-refractivity contribution >= 4 is 39.8 Å². The van der Waals surface area contributed by atoms with Crippen LogP contribution in [0.4, 0.5) is 0 Å². The van der Waals surface area contributed by atoms with Gasteiger partial charge in [-0.15, -0.1) is 24.0 Å². The predicted octanol–water partition coefficient (Wildman–Crippen LogP) is 1.43. The Kier molecular flexibility index (Phi) is 7.79. The number of hydrogen-bond donors (Lipinski definition) is 1. The van der Waals surface area contributed by atoms with Gasteiger partial charge in [-0.3, -0.25) is 4.99 Å². The molecule has 23 heavy (non-hydrogen) atoms. The summed E-state index contributed by atoms with van der Waals surface area (Å²) in [5, 5.41) is 3.35. The minimum atomic E-state index is -3.02. The van der Waals surface area contributed by atoms with Crippen LogP contribution >= 0.6 is 24.0 Å². The van der Waals surface area contributed by atoms with Crippen molar-refractivity contribution in [2.45, 2.75) is 31.4 Å². The monoisotopic (exact) mass is 457 g/mol. The SMILES string of the molecule is CN=C(NCCC1=CCOCC1)N1CCS(=O)(=O)C(C)(C)C1.I. The van der Waals surface area contributed by atoms with Gasteiger partial charge in [-0.05, 0) is 26.7 Å². The normalized spacial score (nSPS) is 23.7. The Balaban J connectivity index is 0.00000264. The van der Waals surface area contributed by atoms with E-state index in [9.17, 15) is 8.42 Å². The van der Waals surface area contributed by atoms with Gasteiger partial charge in [0.1, 0.15) is 0 Å². The van der Waals surface area contributed by atoms with E-state index in [0.29, 0.717) is 19.7 Å². The molecule has 0 bridgehead atoms. The highest BCUT2D eigenvalue weighted by atomic mass is 127. The smallest absolute Gasteiger partial charge is 0.193 e. The Morgan fingerprint density at radius 2 is 2.22 bits per heavy atom. The Bertz CT molecular complexity index is 558. The largest absolute Gasteiger partial charge is 0.377 e. The van der Waals surface area contributed by atoms with Crippen LogP contribution in [0, 0.1) is 0 Å². The number of aliphatic imine (C=N–C) groups is 1. The molecule has 2 aliphatic heterocycles. The van der Waals surface area contributed by atoms with Crippen LogP contribution in [0.5, 0.6) is 0 Å². The van der Waals surface area contributed by atoms with E-state index in [-0.39, 0.29) is 29.7 Å². The van der Waals surface area contributed by atoms with Gasteiger partial charge in [-0.25, -0.2) is 8.42 Å². The predicted molar refractivity (Wildman–Crippen MR) is 104 cm³/mol. The average molecular weight is 457 g/mol. The maximum atomic E-state index is 12.1. The molecule has 2 heterocycles. The lowest BCUT2D eigenvalue weighted by atomic mass is 10.1. The lowest BCUT2D eigenvalue weighted by molar-refractivity contribution is 0.153. The zero-order chi connectivity index (χ0) is 16.2. The minimum absolute atomic E-state index is 0. The Morgan fingerprint density at radius 3 is 2.78 bits per heavy atom. The molecule has 0 spiro atoms. The van der Waals surface area contributed by atoms with Gasteiger partial charge in [-0.1, -0.05) is 11.6 Å². The Labute approximate surface area is 156 Å². The number of sulfone groups is 1. The van der Waals surface area contributed by atoms with Crippen LogP contribution in [0.15, 0.2) is 16.6 Å². The number of nitrogens with one attached hydrogen (secondary N) is 1. The van der Waals surface area contributed by atoms with Crippen molar-refractivity contribution in [3.05, 3.63) is 11.6 Å². The molecule has 0 aliphatic carbocycles. The topological polar surface area (TPSA) is 71.0 Å². The first-order chi connectivity index (χ1) is 10.4. The number of rotatable bonds is 3. The fourth-order valence-electron chi connectivity index (χ4n) is 2.78. The number of ether oxygens (including phenoxy) is 1. The van der Waals surface area contributed by atoms with E-state index in [1.54, 1.807) is 20.9 Å². The molecule has 0 aromatic rings. The highest BCUT2D eigenvalue weighted by Gasteiger charge is 2.40. The fraction of sp³-hybridized carbons (Fsp3) is 0.800. The second-order valence-corrected chi connectivity index (χ2v) is 9.15. The van der Waals surface area contributed by atoms with E-state index >= 15 is 0 Å². The first-order valence-corrected chi connectivity index (χ1v) is 9.44. The van der Waals surface area contributed by atoms with Crippen LogP contribution in [0.1, 0.15) is 26.7 Å². The van der Waals surface area contributed by atoms with Gasteiger partial charge in [0.15, 0.2) is 15.8 Å². The first kappa shape index (κ1) is 20.7. The molecule has 0 amide bonds. The molecule has 0 atom stereocenters. The summed E-state index contributed by atoms with van der Waals surface area (Å²) < 4.78 is 28.7. The quantitative estimate of drug-likeness (QED) is 0.301. The van der Waals surface area contributed by atoms with Crippen LogP contribution in [0.3, 0.4) is 0 Å². The van der Waals surface area contributed by atoms with Crippen molar-refractivity contribution in [1.82, 2.24) is 10.2 Å². The van der Waals surface area contributed by atoms with Gasteiger partial charge in [0.2, 0.25) is 0 Å². The molecule has 0 aromatic heterocycles. The van der Waals surface area contributed by atoms with E-state index in [2.05, 4.69) is 16.4 Å². The third-order valence-electron chi connectivity index (χ3n) is 4.34. The molecule has 6 nitrogen and oxygen atoms in total. The van der Waals surface area contributed by atoms with Crippen molar-refractivity contribution in [1.29, 1.82) is 0 Å². The molecule has 0 aromatic carbocycles. The molecule has 1 saturated heterocycles. The number of halogens is 1. The molecule has 2 rings (SSSR count). The highest BCUT2D eigenvalue weighted by Crippen LogP contribution is 2.23. The van der Waals surface area contributed by atoms with E-state index in [0.717, 1.165) is 32.0 Å². The number of guanidine groups is 1. The Morgan fingerprint density at radius 1 is 1.48 bits per heavy atom. The summed E-state index contributed by atoms with van der Waals surface area (Å²) in [6.45, 7) is 6.87. The summed E-state index contributed by atoms with van der Waals surface area (Å²) in [4.78, 5) is 6.34. The molecule has 0 saturated carbocycles. The van der Waals surface area contributed by atoms with Crippen LogP contribution in [0.2, 0.25) is 0 Å². The summed E-state index contributed by atoms with van der Waals surface area (Å²) in [5.41, 5.74) is 1.41. The number of nitrogens with zero attached hydrogens (tertiary/aromatic N) is 2. The standard InChI is InChI=1S/C15H27N3O3S.HI/c1-15(2)12-18(8-11-22(15,19)20)14(16-3)17-7-4-13-5-9-21-10-6-13;/h5H,4,6-12H2,1-3H3,(H,16,17);1H. The molecule has 0 unspecified atom stereocenters. The van der Waals surface area contributed by atoms with E-state index in [1.165, 1.54) is 5.57 Å². The summed E-state index contributed by atoms with van der Waals surface area (Å²) >= 11 is 0. The van der Waals surface area contributed by atoms with Crippen molar-refractivity contribution in [3.8, 4) is 0 Å². The lowest BCUT2D eigenvalue weighted by Crippen LogP contribution is -2.57. The fourth-order valence-corrected chi connectivity index (χ4v) is 4.15. The second-order valence-electron chi connectivity index (χ2n) is 6.41. The molecule has 0 radical (unpaired) electrons. The van der Waals surface area contributed by atoms with Crippen molar-refractivity contribution in [2.75, 3.05) is 45.6 Å². The van der Waals surface area contributed by atoms with Crippen LogP contribution < -0.4 is 5.32 Å². The van der Waals surface area contributed by atoms with Crippen LogP contribution in [-0.2, 0) is 14.6 Å². The van der Waals surface area contributed by atoms with E-state index < -0.39 is 14.6 Å². The van der Waals surface area contributed by atoms with Crippen LogP contribution in [-0.4, -0.2) is 69.7 Å². The molecule has 1 N–H and O–H groups in total. The summed E-state index contributed by atoms with van der Waals surface area (Å²) in [7, 11) is -1.28. The van der Waals surface area contributed by atoms with Crippen LogP contribution in [0.25, 0.3) is 0 Å². The van der Waals surface area contributed by atoms with Crippen molar-refractivity contribution in [3.63, 3.8) is 0 Å².